The van der Waals surface area contributed by atoms with Crippen molar-refractivity contribution in [1.82, 2.24) is 0 Å². The first-order valence-electron chi connectivity index (χ1n) is 11.0. The first-order chi connectivity index (χ1) is 14.8. The predicted molar refractivity (Wildman–Crippen MR) is 123 cm³/mol. The van der Waals surface area contributed by atoms with Crippen molar-refractivity contribution in [3.8, 4) is 11.5 Å². The third-order valence-corrected chi connectivity index (χ3v) is 5.14. The van der Waals surface area contributed by atoms with Crippen LogP contribution in [0.1, 0.15) is 62.9 Å². The number of carbonyl (C=O) groups excluding carboxylic acids is 1. The lowest BCUT2D eigenvalue weighted by molar-refractivity contribution is -0.0784. The van der Waals surface area contributed by atoms with Crippen LogP contribution in [0, 0.1) is 11.8 Å². The van der Waals surface area contributed by atoms with E-state index in [1.54, 1.807) is 31.4 Å². The Hall–Kier alpha value is -2.53. The zero-order chi connectivity index (χ0) is 22.8. The van der Waals surface area contributed by atoms with E-state index in [9.17, 15) is 4.79 Å². The lowest BCUT2D eigenvalue weighted by atomic mass is 9.82. The summed E-state index contributed by atoms with van der Waals surface area (Å²) < 4.78 is 21.8. The van der Waals surface area contributed by atoms with E-state index >= 15 is 0 Å². The first kappa shape index (κ1) is 24.7. The van der Waals surface area contributed by atoms with Crippen LogP contribution in [-0.2, 0) is 9.47 Å². The lowest BCUT2D eigenvalue weighted by Gasteiger charge is -2.24. The van der Waals surface area contributed by atoms with E-state index in [0.29, 0.717) is 29.1 Å². The third-order valence-electron chi connectivity index (χ3n) is 5.14. The number of esters is 1. The maximum atomic E-state index is 12.0. The molecular formula is C26H36O5. The summed E-state index contributed by atoms with van der Waals surface area (Å²) in [5.74, 6) is 2.87. The fraction of sp³-hybridized carbons (Fsp3) is 0.500. The van der Waals surface area contributed by atoms with Crippen LogP contribution in [-0.4, -0.2) is 32.6 Å². The second kappa shape index (κ2) is 12.4. The number of rotatable bonds is 12. The Balaban J connectivity index is 1.75. The number of carbonyl (C=O) groups is 1. The van der Waals surface area contributed by atoms with E-state index in [-0.39, 0.29) is 13.2 Å². The van der Waals surface area contributed by atoms with Gasteiger partial charge in [-0.3, -0.25) is 0 Å². The molecule has 2 unspecified atom stereocenters. The molecule has 0 aliphatic carbocycles. The average molecular weight is 429 g/mol. The molecule has 0 aliphatic heterocycles. The summed E-state index contributed by atoms with van der Waals surface area (Å²) in [5.41, 5.74) is 1.82. The van der Waals surface area contributed by atoms with E-state index in [4.69, 9.17) is 18.9 Å². The van der Waals surface area contributed by atoms with Crippen molar-refractivity contribution in [3.63, 3.8) is 0 Å². The van der Waals surface area contributed by atoms with Crippen LogP contribution in [0.4, 0.5) is 0 Å². The Kier molecular flexibility index (Phi) is 9.86. The summed E-state index contributed by atoms with van der Waals surface area (Å²) in [4.78, 5) is 12.0. The monoisotopic (exact) mass is 428 g/mol. The van der Waals surface area contributed by atoms with Gasteiger partial charge in [0.05, 0.1) is 19.3 Å². The molecular weight excluding hydrogens is 392 g/mol. The molecule has 31 heavy (non-hydrogen) atoms. The SMILES string of the molecule is COc1ccc(C(=O)OCCOC(C)Oc2ccc(C(CC(C)C)C(C)C)cc2)cc1. The molecule has 0 bridgehead atoms. The molecule has 0 heterocycles. The van der Waals surface area contributed by atoms with Crippen LogP contribution < -0.4 is 9.47 Å². The molecule has 0 saturated heterocycles. The summed E-state index contributed by atoms with van der Waals surface area (Å²) in [6.45, 7) is 11.3. The molecule has 170 valence electrons. The van der Waals surface area contributed by atoms with Gasteiger partial charge >= 0.3 is 5.97 Å². The zero-order valence-electron chi connectivity index (χ0n) is 19.6. The predicted octanol–water partition coefficient (Wildman–Crippen LogP) is 6.08. The Morgan fingerprint density at radius 2 is 1.45 bits per heavy atom. The quantitative estimate of drug-likeness (QED) is 0.233. The van der Waals surface area contributed by atoms with E-state index in [2.05, 4.69) is 39.8 Å². The fourth-order valence-corrected chi connectivity index (χ4v) is 3.48. The highest BCUT2D eigenvalue weighted by molar-refractivity contribution is 5.89. The van der Waals surface area contributed by atoms with E-state index in [0.717, 1.165) is 5.75 Å². The van der Waals surface area contributed by atoms with Gasteiger partial charge in [-0.25, -0.2) is 4.79 Å². The van der Waals surface area contributed by atoms with Gasteiger partial charge in [0.1, 0.15) is 18.1 Å². The Bertz CT molecular complexity index is 780. The molecule has 0 fully saturated rings. The second-order valence-electron chi connectivity index (χ2n) is 8.47. The minimum absolute atomic E-state index is 0.156. The largest absolute Gasteiger partial charge is 0.497 e. The second-order valence-corrected chi connectivity index (χ2v) is 8.47. The van der Waals surface area contributed by atoms with Crippen molar-refractivity contribution in [3.05, 3.63) is 59.7 Å². The molecule has 0 aliphatic rings. The van der Waals surface area contributed by atoms with Crippen molar-refractivity contribution in [2.45, 2.75) is 53.2 Å². The maximum absolute atomic E-state index is 12.0. The van der Waals surface area contributed by atoms with Crippen molar-refractivity contribution >= 4 is 5.97 Å². The van der Waals surface area contributed by atoms with Gasteiger partial charge in [-0.05, 0) is 73.1 Å². The molecule has 2 aromatic carbocycles. The Labute approximate surface area is 186 Å². The Morgan fingerprint density at radius 1 is 0.839 bits per heavy atom. The molecule has 5 nitrogen and oxygen atoms in total. The third kappa shape index (κ3) is 8.25. The van der Waals surface area contributed by atoms with E-state index in [1.807, 2.05) is 19.1 Å². The van der Waals surface area contributed by atoms with Crippen LogP contribution in [0.15, 0.2) is 48.5 Å². The molecule has 0 spiro atoms. The van der Waals surface area contributed by atoms with E-state index in [1.165, 1.54) is 12.0 Å². The van der Waals surface area contributed by atoms with Gasteiger partial charge in [0.25, 0.3) is 0 Å². The molecule has 2 atom stereocenters. The van der Waals surface area contributed by atoms with Crippen LogP contribution in [0.2, 0.25) is 0 Å². The number of benzene rings is 2. The molecule has 2 aromatic rings. The van der Waals surface area contributed by atoms with Gasteiger partial charge in [-0.2, -0.15) is 0 Å². The van der Waals surface area contributed by atoms with Crippen LogP contribution in [0.5, 0.6) is 11.5 Å². The lowest BCUT2D eigenvalue weighted by Crippen LogP contribution is -2.20. The first-order valence-corrected chi connectivity index (χ1v) is 11.0. The van der Waals surface area contributed by atoms with Crippen molar-refractivity contribution in [2.24, 2.45) is 11.8 Å². The molecule has 0 amide bonds. The molecule has 0 saturated carbocycles. The van der Waals surface area contributed by atoms with Crippen molar-refractivity contribution < 1.29 is 23.7 Å². The van der Waals surface area contributed by atoms with Gasteiger partial charge in [0, 0.05) is 0 Å². The summed E-state index contributed by atoms with van der Waals surface area (Å²) in [5, 5.41) is 0. The van der Waals surface area contributed by atoms with Crippen LogP contribution >= 0.6 is 0 Å². The van der Waals surface area contributed by atoms with Crippen LogP contribution in [0.25, 0.3) is 0 Å². The summed E-state index contributed by atoms with van der Waals surface area (Å²) >= 11 is 0. The van der Waals surface area contributed by atoms with Gasteiger partial charge in [-0.15, -0.1) is 0 Å². The molecule has 0 N–H and O–H groups in total. The standard InChI is InChI=1S/C26H36O5/c1-18(2)17-25(19(3)4)21-7-13-24(14-8-21)31-20(5)29-15-16-30-26(27)22-9-11-23(28-6)12-10-22/h7-14,18-20,25H,15-17H2,1-6H3. The smallest absolute Gasteiger partial charge is 0.338 e. The van der Waals surface area contributed by atoms with Gasteiger partial charge in [0.15, 0.2) is 6.29 Å². The van der Waals surface area contributed by atoms with Crippen molar-refractivity contribution in [1.29, 1.82) is 0 Å². The maximum Gasteiger partial charge on any atom is 0.338 e. The zero-order valence-corrected chi connectivity index (χ0v) is 19.6. The summed E-state index contributed by atoms with van der Waals surface area (Å²) in [6.07, 6.45) is 0.731. The van der Waals surface area contributed by atoms with E-state index < -0.39 is 12.3 Å². The number of methoxy groups -OCH3 is 1. The minimum Gasteiger partial charge on any atom is -0.497 e. The highest BCUT2D eigenvalue weighted by Crippen LogP contribution is 2.32. The van der Waals surface area contributed by atoms with Gasteiger partial charge in [0.2, 0.25) is 0 Å². The van der Waals surface area contributed by atoms with Crippen LogP contribution in [0.3, 0.4) is 0 Å². The van der Waals surface area contributed by atoms with Crippen molar-refractivity contribution in [2.75, 3.05) is 20.3 Å². The topological polar surface area (TPSA) is 54.0 Å². The highest BCUT2D eigenvalue weighted by atomic mass is 16.7. The normalized spacial score (nSPS) is 13.2. The van der Waals surface area contributed by atoms with Gasteiger partial charge < -0.3 is 18.9 Å². The average Bonchev–Trinajstić information content (AvgIpc) is 2.75. The Morgan fingerprint density at radius 3 is 2.00 bits per heavy atom. The number of hydrogen-bond acceptors (Lipinski definition) is 5. The molecule has 5 heteroatoms. The highest BCUT2D eigenvalue weighted by Gasteiger charge is 2.17. The minimum atomic E-state index is -0.443. The molecule has 0 radical (unpaired) electrons. The fourth-order valence-electron chi connectivity index (χ4n) is 3.48. The number of hydrogen-bond donors (Lipinski definition) is 0. The molecule has 2 rings (SSSR count). The summed E-state index contributed by atoms with van der Waals surface area (Å²) in [6, 6.07) is 15.1. The number of ether oxygens (including phenoxy) is 4. The summed E-state index contributed by atoms with van der Waals surface area (Å²) in [7, 11) is 1.58. The van der Waals surface area contributed by atoms with Gasteiger partial charge in [-0.1, -0.05) is 39.8 Å². The molecule has 0 aromatic heterocycles.